The molecule has 0 fully saturated rings. The monoisotopic (exact) mass is 312 g/mol. The van der Waals surface area contributed by atoms with Crippen LogP contribution in [0.25, 0.3) is 0 Å². The minimum absolute atomic E-state index is 0.0797. The third-order valence-corrected chi connectivity index (χ3v) is 4.36. The molecule has 7 nitrogen and oxygen atoms in total. The lowest BCUT2D eigenvalue weighted by atomic mass is 10.2. The van der Waals surface area contributed by atoms with Crippen LogP contribution in [0.1, 0.15) is 38.1 Å². The van der Waals surface area contributed by atoms with Crippen LogP contribution in [-0.4, -0.2) is 23.4 Å². The maximum atomic E-state index is 12.3. The average molecular weight is 312 g/mol. The van der Waals surface area contributed by atoms with Crippen molar-refractivity contribution in [2.24, 2.45) is 0 Å². The molecule has 0 radical (unpaired) electrons. The topological polar surface area (TPSA) is 90.0 Å². The molecule has 0 saturated carbocycles. The van der Waals surface area contributed by atoms with Crippen LogP contribution in [0, 0.1) is 0 Å². The summed E-state index contributed by atoms with van der Waals surface area (Å²) in [4.78, 5) is 0. The highest BCUT2D eigenvalue weighted by molar-refractivity contribution is 7.89. The van der Waals surface area contributed by atoms with E-state index in [1.165, 1.54) is 16.9 Å². The van der Waals surface area contributed by atoms with E-state index in [0.29, 0.717) is 12.3 Å². The Morgan fingerprint density at radius 3 is 2.86 bits per heavy atom. The highest BCUT2D eigenvalue weighted by Crippen LogP contribution is 2.11. The maximum absolute atomic E-state index is 12.3. The van der Waals surface area contributed by atoms with Gasteiger partial charge in [-0.2, -0.15) is 5.10 Å². The molecule has 0 bridgehead atoms. The number of nitrogens with one attached hydrogen (secondary N) is 1. The molecule has 2 aromatic rings. The lowest BCUT2D eigenvalue weighted by Gasteiger charge is -2.07. The number of nitrogens with zero attached hydrogens (tertiary/aromatic N) is 3. The van der Waals surface area contributed by atoms with Crippen LogP contribution in [0.3, 0.4) is 0 Å². The third-order valence-electron chi connectivity index (χ3n) is 2.94. The van der Waals surface area contributed by atoms with E-state index in [2.05, 4.69) is 15.0 Å². The molecule has 0 spiro atoms. The van der Waals surface area contributed by atoms with E-state index in [1.54, 1.807) is 6.07 Å². The lowest BCUT2D eigenvalue weighted by Crippen LogP contribution is -2.25. The summed E-state index contributed by atoms with van der Waals surface area (Å²) in [5.41, 5.74) is 0.836. The Balaban J connectivity index is 2.05. The maximum Gasteiger partial charge on any atom is 0.258 e. The average Bonchev–Trinajstić information content (AvgIpc) is 3.07. The normalized spacial score (nSPS) is 11.9. The first-order chi connectivity index (χ1) is 10.1. The fourth-order valence-corrected chi connectivity index (χ4v) is 3.12. The molecule has 0 saturated heterocycles. The van der Waals surface area contributed by atoms with Gasteiger partial charge >= 0.3 is 0 Å². The van der Waals surface area contributed by atoms with E-state index in [9.17, 15) is 8.42 Å². The van der Waals surface area contributed by atoms with Crippen LogP contribution in [-0.2, 0) is 29.5 Å². The van der Waals surface area contributed by atoms with Crippen molar-refractivity contribution in [3.63, 3.8) is 0 Å². The lowest BCUT2D eigenvalue weighted by molar-refractivity contribution is 0.374. The summed E-state index contributed by atoms with van der Waals surface area (Å²) >= 11 is 0. The van der Waals surface area contributed by atoms with Crippen molar-refractivity contribution in [1.29, 1.82) is 0 Å². The molecule has 2 aromatic heterocycles. The zero-order valence-corrected chi connectivity index (χ0v) is 13.1. The van der Waals surface area contributed by atoms with Crippen LogP contribution < -0.4 is 4.72 Å². The number of hydrogen-bond acceptors (Lipinski definition) is 5. The van der Waals surface area contributed by atoms with Crippen LogP contribution in [0.15, 0.2) is 27.9 Å². The number of aromatic nitrogens is 3. The molecular formula is C13H20N4O3S. The Kier molecular flexibility index (Phi) is 5.13. The van der Waals surface area contributed by atoms with Gasteiger partial charge in [0.2, 0.25) is 0 Å². The number of aryl methyl sites for hydroxylation is 2. The van der Waals surface area contributed by atoms with Crippen molar-refractivity contribution in [2.45, 2.75) is 51.2 Å². The Labute approximate surface area is 124 Å². The second-order valence-corrected chi connectivity index (χ2v) is 6.47. The molecule has 0 atom stereocenters. The molecule has 21 heavy (non-hydrogen) atoms. The van der Waals surface area contributed by atoms with Gasteiger partial charge in [-0.25, -0.2) is 13.1 Å². The molecule has 8 heteroatoms. The fourth-order valence-electron chi connectivity index (χ4n) is 1.98. The molecule has 1 N–H and O–H groups in total. The molecule has 2 heterocycles. The van der Waals surface area contributed by atoms with Gasteiger partial charge in [-0.05, 0) is 18.9 Å². The van der Waals surface area contributed by atoms with Crippen LogP contribution in [0.2, 0.25) is 0 Å². The summed E-state index contributed by atoms with van der Waals surface area (Å²) < 4.78 is 33.6. The number of hydrogen-bond donors (Lipinski definition) is 1. The van der Waals surface area contributed by atoms with Gasteiger partial charge in [0, 0.05) is 12.6 Å². The molecule has 0 aliphatic heterocycles. The van der Waals surface area contributed by atoms with Crippen molar-refractivity contribution in [1.82, 2.24) is 19.7 Å². The van der Waals surface area contributed by atoms with Crippen molar-refractivity contribution in [3.05, 3.63) is 29.8 Å². The standard InChI is InChI=1S/C13H20N4O3S/c1-3-5-11-9-12(20-16-11)10-15-21(18,19)13-6-7-14-17(13)8-4-2/h6-7,9,15H,3-5,8,10H2,1-2H3. The minimum atomic E-state index is -3.61. The largest absolute Gasteiger partial charge is 0.360 e. The molecule has 116 valence electrons. The molecular weight excluding hydrogens is 292 g/mol. The summed E-state index contributed by atoms with van der Waals surface area (Å²) in [6.07, 6.45) is 4.08. The molecule has 0 amide bonds. The Morgan fingerprint density at radius 1 is 1.33 bits per heavy atom. The van der Waals surface area contributed by atoms with Gasteiger partial charge in [0.1, 0.15) is 0 Å². The first-order valence-electron chi connectivity index (χ1n) is 7.02. The highest BCUT2D eigenvalue weighted by Gasteiger charge is 2.19. The summed E-state index contributed by atoms with van der Waals surface area (Å²) in [5, 5.41) is 8.07. The summed E-state index contributed by atoms with van der Waals surface area (Å²) in [5.74, 6) is 0.503. The SMILES string of the molecule is CCCc1cc(CNS(=O)(=O)c2ccnn2CCC)on1. The van der Waals surface area contributed by atoms with Gasteiger partial charge < -0.3 is 4.52 Å². The predicted octanol–water partition coefficient (Wildman–Crippen LogP) is 1.71. The molecule has 2 rings (SSSR count). The van der Waals surface area contributed by atoms with Crippen molar-refractivity contribution >= 4 is 10.0 Å². The zero-order valence-electron chi connectivity index (χ0n) is 12.2. The van der Waals surface area contributed by atoms with Gasteiger partial charge in [0.05, 0.1) is 18.4 Å². The van der Waals surface area contributed by atoms with Crippen molar-refractivity contribution in [3.8, 4) is 0 Å². The second-order valence-electron chi connectivity index (χ2n) is 4.75. The van der Waals surface area contributed by atoms with E-state index >= 15 is 0 Å². The number of rotatable bonds is 8. The summed E-state index contributed by atoms with van der Waals surface area (Å²) in [7, 11) is -3.61. The molecule has 0 aliphatic rings. The minimum Gasteiger partial charge on any atom is -0.360 e. The molecule has 0 unspecified atom stereocenters. The van der Waals surface area contributed by atoms with Gasteiger partial charge in [-0.15, -0.1) is 0 Å². The van der Waals surface area contributed by atoms with E-state index < -0.39 is 10.0 Å². The van der Waals surface area contributed by atoms with Crippen LogP contribution >= 0.6 is 0 Å². The Bertz CT molecular complexity index is 675. The summed E-state index contributed by atoms with van der Waals surface area (Å²) in [6.45, 7) is 4.66. The smallest absolute Gasteiger partial charge is 0.258 e. The molecule has 0 aromatic carbocycles. The second kappa shape index (κ2) is 6.86. The van der Waals surface area contributed by atoms with E-state index in [1.807, 2.05) is 13.8 Å². The van der Waals surface area contributed by atoms with Gasteiger partial charge in [-0.1, -0.05) is 25.4 Å². The third kappa shape index (κ3) is 3.92. The van der Waals surface area contributed by atoms with E-state index in [0.717, 1.165) is 25.0 Å². The predicted molar refractivity (Wildman–Crippen MR) is 77.0 cm³/mol. The summed E-state index contributed by atoms with van der Waals surface area (Å²) in [6, 6.07) is 3.26. The Hall–Kier alpha value is -1.67. The Morgan fingerprint density at radius 2 is 2.14 bits per heavy atom. The van der Waals surface area contributed by atoms with Gasteiger partial charge in [0.15, 0.2) is 10.8 Å². The first kappa shape index (κ1) is 15.7. The quantitative estimate of drug-likeness (QED) is 0.801. The van der Waals surface area contributed by atoms with Crippen molar-refractivity contribution in [2.75, 3.05) is 0 Å². The highest BCUT2D eigenvalue weighted by atomic mass is 32.2. The van der Waals surface area contributed by atoms with Crippen LogP contribution in [0.5, 0.6) is 0 Å². The van der Waals surface area contributed by atoms with Gasteiger partial charge in [0.25, 0.3) is 10.0 Å². The fraction of sp³-hybridized carbons (Fsp3) is 0.538. The zero-order chi connectivity index (χ0) is 15.3. The van der Waals surface area contributed by atoms with Crippen molar-refractivity contribution < 1.29 is 12.9 Å². The van der Waals surface area contributed by atoms with E-state index in [4.69, 9.17) is 4.52 Å². The van der Waals surface area contributed by atoms with Crippen LogP contribution in [0.4, 0.5) is 0 Å². The molecule has 0 aliphatic carbocycles. The first-order valence-corrected chi connectivity index (χ1v) is 8.51. The van der Waals surface area contributed by atoms with Gasteiger partial charge in [-0.3, -0.25) is 4.68 Å². The number of sulfonamides is 1. The van der Waals surface area contributed by atoms with E-state index in [-0.39, 0.29) is 11.6 Å².